The van der Waals surface area contributed by atoms with Crippen molar-refractivity contribution in [3.8, 4) is 45.3 Å². The summed E-state index contributed by atoms with van der Waals surface area (Å²) in [6.45, 7) is 0. The summed E-state index contributed by atoms with van der Waals surface area (Å²) in [4.78, 5) is 18.1. The molecule has 2 aliphatic rings. The Morgan fingerprint density at radius 3 is 1.98 bits per heavy atom. The topological polar surface area (TPSA) is 55.1 Å². The van der Waals surface area contributed by atoms with Gasteiger partial charge in [0.15, 0.2) is 17.5 Å². The predicted molar refractivity (Wildman–Crippen MR) is 234 cm³/mol. The highest BCUT2D eigenvalue weighted by Crippen LogP contribution is 2.53. The fourth-order valence-electron chi connectivity index (χ4n) is 8.89. The SMILES string of the molecule is C1=CC2C(c3ccccc3N2c2ccccc2)c2c1oc1ccc(-c3nc(-c4cccc(-c5ccccc5)c4)nc(-c4ccc5c(c4)sc4ccccc45)n3)cc21. The Balaban J connectivity index is 1.03. The molecule has 2 atom stereocenters. The molecule has 57 heavy (non-hydrogen) atoms. The van der Waals surface area contributed by atoms with E-state index >= 15 is 0 Å². The van der Waals surface area contributed by atoms with Gasteiger partial charge in [0.2, 0.25) is 0 Å². The lowest BCUT2D eigenvalue weighted by atomic mass is 9.82. The van der Waals surface area contributed by atoms with Crippen LogP contribution in [0.4, 0.5) is 11.4 Å². The van der Waals surface area contributed by atoms with Crippen LogP contribution in [-0.4, -0.2) is 21.0 Å². The minimum Gasteiger partial charge on any atom is -0.456 e. The van der Waals surface area contributed by atoms with Gasteiger partial charge in [-0.05, 0) is 77.4 Å². The number of nitrogens with zero attached hydrogens (tertiary/aromatic N) is 4. The van der Waals surface area contributed by atoms with E-state index in [4.69, 9.17) is 19.4 Å². The molecule has 0 amide bonds. The maximum absolute atomic E-state index is 6.60. The second-order valence-corrected chi connectivity index (χ2v) is 15.8. The van der Waals surface area contributed by atoms with E-state index in [1.54, 1.807) is 11.3 Å². The highest BCUT2D eigenvalue weighted by molar-refractivity contribution is 7.25. The minimum absolute atomic E-state index is 0.0937. The Bertz CT molecular complexity index is 3220. The number of anilines is 2. The van der Waals surface area contributed by atoms with E-state index in [-0.39, 0.29) is 12.0 Å². The van der Waals surface area contributed by atoms with Crippen LogP contribution >= 0.6 is 11.3 Å². The maximum atomic E-state index is 6.60. The summed E-state index contributed by atoms with van der Waals surface area (Å²) >= 11 is 1.80. The van der Waals surface area contributed by atoms with Gasteiger partial charge in [-0.25, -0.2) is 15.0 Å². The summed E-state index contributed by atoms with van der Waals surface area (Å²) in [7, 11) is 0. The molecule has 10 aromatic rings. The van der Waals surface area contributed by atoms with Gasteiger partial charge in [-0.15, -0.1) is 11.3 Å². The molecular formula is C51H32N4OS. The van der Waals surface area contributed by atoms with E-state index in [1.165, 1.54) is 42.7 Å². The summed E-state index contributed by atoms with van der Waals surface area (Å²) in [5.41, 5.74) is 10.8. The van der Waals surface area contributed by atoms with Crippen molar-refractivity contribution in [3.63, 3.8) is 0 Å². The van der Waals surface area contributed by atoms with Gasteiger partial charge < -0.3 is 9.32 Å². The molecule has 0 spiro atoms. The quantitative estimate of drug-likeness (QED) is 0.175. The number of hydrogen-bond donors (Lipinski definition) is 0. The van der Waals surface area contributed by atoms with Gasteiger partial charge in [0.1, 0.15) is 11.3 Å². The van der Waals surface area contributed by atoms with Crippen molar-refractivity contribution in [1.82, 2.24) is 15.0 Å². The lowest BCUT2D eigenvalue weighted by molar-refractivity contribution is 0.584. The van der Waals surface area contributed by atoms with Crippen LogP contribution < -0.4 is 4.90 Å². The fraction of sp³-hybridized carbons (Fsp3) is 0.0392. The summed E-state index contributed by atoms with van der Waals surface area (Å²) < 4.78 is 9.07. The molecule has 0 radical (unpaired) electrons. The van der Waals surface area contributed by atoms with E-state index < -0.39 is 0 Å². The van der Waals surface area contributed by atoms with Crippen molar-refractivity contribution in [2.24, 2.45) is 0 Å². The monoisotopic (exact) mass is 748 g/mol. The molecule has 0 saturated carbocycles. The van der Waals surface area contributed by atoms with Crippen molar-refractivity contribution < 1.29 is 4.42 Å². The van der Waals surface area contributed by atoms with Gasteiger partial charge in [-0.2, -0.15) is 0 Å². The standard InChI is InChI=1S/C51H32N4OS/c1-3-12-31(13-4-1)32-14-11-15-33(28-32)49-52-50(54-51(53-49)35-22-24-38-37-18-8-10-21-45(37)57-46(38)30-35)34-23-26-43-40(29-34)48-44(56-43)27-25-42-47(48)39-19-7-9-20-41(39)55(42)36-16-5-2-6-17-36/h1-30,42,47H. The van der Waals surface area contributed by atoms with Crippen LogP contribution in [0.2, 0.25) is 0 Å². The van der Waals surface area contributed by atoms with E-state index in [1.807, 2.05) is 6.07 Å². The van der Waals surface area contributed by atoms with Gasteiger partial charge in [0, 0.05) is 65.1 Å². The van der Waals surface area contributed by atoms with Gasteiger partial charge >= 0.3 is 0 Å². The molecule has 1 aliphatic carbocycles. The molecule has 5 nitrogen and oxygen atoms in total. The van der Waals surface area contributed by atoms with E-state index in [0.717, 1.165) is 44.5 Å². The van der Waals surface area contributed by atoms with Gasteiger partial charge in [0.05, 0.1) is 6.04 Å². The highest BCUT2D eigenvalue weighted by Gasteiger charge is 2.43. The van der Waals surface area contributed by atoms with E-state index in [0.29, 0.717) is 17.5 Å². The van der Waals surface area contributed by atoms with Crippen LogP contribution in [0.25, 0.3) is 82.5 Å². The number of furan rings is 1. The molecule has 0 bridgehead atoms. The third-order valence-electron chi connectivity index (χ3n) is 11.5. The third kappa shape index (κ3) is 5.18. The molecular weight excluding hydrogens is 717 g/mol. The molecule has 0 fully saturated rings. The average molecular weight is 749 g/mol. The zero-order valence-corrected chi connectivity index (χ0v) is 31.4. The first-order valence-corrected chi connectivity index (χ1v) is 20.1. The van der Waals surface area contributed by atoms with Crippen molar-refractivity contribution in [2.75, 3.05) is 4.90 Å². The zero-order chi connectivity index (χ0) is 37.5. The first kappa shape index (κ1) is 32.1. The molecule has 6 heteroatoms. The summed E-state index contributed by atoms with van der Waals surface area (Å²) in [6.07, 6.45) is 4.45. The lowest BCUT2D eigenvalue weighted by Gasteiger charge is -2.30. The summed E-state index contributed by atoms with van der Waals surface area (Å²) in [6, 6.07) is 60.0. The summed E-state index contributed by atoms with van der Waals surface area (Å²) in [5.74, 6) is 2.88. The Hall–Kier alpha value is -7.15. The number of thiophene rings is 1. The molecule has 268 valence electrons. The number of fused-ring (bicyclic) bond motifs is 10. The number of para-hydroxylation sites is 2. The van der Waals surface area contributed by atoms with Gasteiger partial charge in [0.25, 0.3) is 0 Å². The molecule has 0 saturated heterocycles. The van der Waals surface area contributed by atoms with Crippen LogP contribution in [0.5, 0.6) is 0 Å². The third-order valence-corrected chi connectivity index (χ3v) is 12.6. The predicted octanol–water partition coefficient (Wildman–Crippen LogP) is 13.3. The highest BCUT2D eigenvalue weighted by atomic mass is 32.1. The maximum Gasteiger partial charge on any atom is 0.164 e. The van der Waals surface area contributed by atoms with Crippen molar-refractivity contribution in [2.45, 2.75) is 12.0 Å². The number of rotatable bonds is 5. The van der Waals surface area contributed by atoms with Crippen LogP contribution in [0.15, 0.2) is 180 Å². The largest absolute Gasteiger partial charge is 0.456 e. The summed E-state index contributed by atoms with van der Waals surface area (Å²) in [5, 5.41) is 3.59. The van der Waals surface area contributed by atoms with E-state index in [9.17, 15) is 0 Å². The second-order valence-electron chi connectivity index (χ2n) is 14.7. The average Bonchev–Trinajstić information content (AvgIpc) is 3.95. The molecule has 2 unspecified atom stereocenters. The smallest absolute Gasteiger partial charge is 0.164 e. The number of aromatic nitrogens is 3. The first-order valence-electron chi connectivity index (χ1n) is 19.3. The van der Waals surface area contributed by atoms with Crippen LogP contribution in [0.3, 0.4) is 0 Å². The molecule has 3 aromatic heterocycles. The molecule has 4 heterocycles. The fourth-order valence-corrected chi connectivity index (χ4v) is 10.0. The molecule has 7 aromatic carbocycles. The normalized spacial score (nSPS) is 15.6. The van der Waals surface area contributed by atoms with Crippen molar-refractivity contribution in [3.05, 3.63) is 193 Å². The Morgan fingerprint density at radius 2 is 1.14 bits per heavy atom. The van der Waals surface area contributed by atoms with Crippen LogP contribution in [-0.2, 0) is 0 Å². The Labute approximate surface area is 332 Å². The van der Waals surface area contributed by atoms with Gasteiger partial charge in [-0.1, -0.05) is 121 Å². The van der Waals surface area contributed by atoms with Gasteiger partial charge in [-0.3, -0.25) is 0 Å². The zero-order valence-electron chi connectivity index (χ0n) is 30.6. The minimum atomic E-state index is 0.0937. The van der Waals surface area contributed by atoms with Crippen molar-refractivity contribution in [1.29, 1.82) is 0 Å². The lowest BCUT2D eigenvalue weighted by Crippen LogP contribution is -2.30. The second kappa shape index (κ2) is 12.7. The van der Waals surface area contributed by atoms with E-state index in [2.05, 4.69) is 181 Å². The Morgan fingerprint density at radius 1 is 0.491 bits per heavy atom. The number of hydrogen-bond acceptors (Lipinski definition) is 6. The van der Waals surface area contributed by atoms with Crippen LogP contribution in [0, 0.1) is 0 Å². The molecule has 12 rings (SSSR count). The first-order chi connectivity index (χ1) is 28.2. The molecule has 1 aliphatic heterocycles. The Kier molecular flexibility index (Phi) is 7.16. The molecule has 0 N–H and O–H groups in total. The number of benzene rings is 7. The van der Waals surface area contributed by atoms with Crippen LogP contribution in [0.1, 0.15) is 22.8 Å². The van der Waals surface area contributed by atoms with Crippen molar-refractivity contribution >= 4 is 59.9 Å².